The SMILES string of the molecule is Cc1cc(C(Cl)C2CCc3ccccc3C2)ccc1F. The van der Waals surface area contributed by atoms with Crippen LogP contribution in [0.15, 0.2) is 42.5 Å². The molecule has 2 aromatic rings. The molecule has 0 nitrogen and oxygen atoms in total. The summed E-state index contributed by atoms with van der Waals surface area (Å²) in [6.45, 7) is 1.79. The summed E-state index contributed by atoms with van der Waals surface area (Å²) in [6, 6.07) is 13.8. The maximum atomic E-state index is 13.4. The van der Waals surface area contributed by atoms with E-state index in [0.29, 0.717) is 11.5 Å². The molecule has 1 aliphatic rings. The van der Waals surface area contributed by atoms with Crippen molar-refractivity contribution in [2.24, 2.45) is 5.92 Å². The Balaban J connectivity index is 1.82. The normalized spacial score (nSPS) is 19.4. The summed E-state index contributed by atoms with van der Waals surface area (Å²) >= 11 is 6.65. The molecule has 0 bridgehead atoms. The Bertz CT molecular complexity index is 621. The summed E-state index contributed by atoms with van der Waals surface area (Å²) in [6.07, 6.45) is 3.20. The van der Waals surface area contributed by atoms with Crippen molar-refractivity contribution in [2.75, 3.05) is 0 Å². The molecule has 0 aliphatic heterocycles. The Hall–Kier alpha value is -1.34. The minimum atomic E-state index is -0.161. The van der Waals surface area contributed by atoms with E-state index in [9.17, 15) is 4.39 Å². The van der Waals surface area contributed by atoms with E-state index in [4.69, 9.17) is 11.6 Å². The molecule has 0 N–H and O–H groups in total. The maximum Gasteiger partial charge on any atom is 0.126 e. The first-order chi connectivity index (χ1) is 9.65. The van der Waals surface area contributed by atoms with Crippen LogP contribution in [0.4, 0.5) is 4.39 Å². The minimum absolute atomic E-state index is 0.0392. The van der Waals surface area contributed by atoms with Gasteiger partial charge in [0.25, 0.3) is 0 Å². The Kier molecular flexibility index (Phi) is 3.80. The molecule has 0 heterocycles. The van der Waals surface area contributed by atoms with Crippen molar-refractivity contribution in [3.8, 4) is 0 Å². The first-order valence-corrected chi connectivity index (χ1v) is 7.55. The summed E-state index contributed by atoms with van der Waals surface area (Å²) in [7, 11) is 0. The van der Waals surface area contributed by atoms with Gasteiger partial charge in [0.15, 0.2) is 0 Å². The fourth-order valence-corrected chi connectivity index (χ4v) is 3.44. The number of fused-ring (bicyclic) bond motifs is 1. The summed E-state index contributed by atoms with van der Waals surface area (Å²) in [5.74, 6) is 0.267. The topological polar surface area (TPSA) is 0 Å². The van der Waals surface area contributed by atoms with Gasteiger partial charge in [-0.05, 0) is 60.4 Å². The monoisotopic (exact) mass is 288 g/mol. The van der Waals surface area contributed by atoms with Crippen molar-refractivity contribution < 1.29 is 4.39 Å². The molecular formula is C18H18ClF. The molecule has 0 radical (unpaired) electrons. The van der Waals surface area contributed by atoms with Crippen LogP contribution in [-0.4, -0.2) is 0 Å². The van der Waals surface area contributed by atoms with Crippen molar-refractivity contribution in [1.82, 2.24) is 0 Å². The zero-order valence-electron chi connectivity index (χ0n) is 11.6. The molecule has 3 rings (SSSR count). The molecular weight excluding hydrogens is 271 g/mol. The Morgan fingerprint density at radius 2 is 1.90 bits per heavy atom. The van der Waals surface area contributed by atoms with Crippen LogP contribution in [0.25, 0.3) is 0 Å². The first kappa shape index (κ1) is 13.6. The van der Waals surface area contributed by atoms with Crippen LogP contribution in [0.1, 0.15) is 34.1 Å². The second-order valence-corrected chi connectivity index (χ2v) is 6.15. The number of halogens is 2. The van der Waals surface area contributed by atoms with E-state index in [0.717, 1.165) is 24.8 Å². The highest BCUT2D eigenvalue weighted by molar-refractivity contribution is 6.21. The van der Waals surface area contributed by atoms with E-state index in [2.05, 4.69) is 24.3 Å². The molecule has 20 heavy (non-hydrogen) atoms. The predicted molar refractivity (Wildman–Crippen MR) is 81.7 cm³/mol. The van der Waals surface area contributed by atoms with Gasteiger partial charge in [0.05, 0.1) is 5.38 Å². The van der Waals surface area contributed by atoms with Crippen molar-refractivity contribution in [2.45, 2.75) is 31.6 Å². The lowest BCUT2D eigenvalue weighted by Crippen LogP contribution is -2.18. The molecule has 1 aliphatic carbocycles. The Morgan fingerprint density at radius 1 is 1.15 bits per heavy atom. The molecule has 0 fully saturated rings. The van der Waals surface area contributed by atoms with E-state index in [-0.39, 0.29) is 11.2 Å². The van der Waals surface area contributed by atoms with E-state index in [1.54, 1.807) is 6.92 Å². The molecule has 2 heteroatoms. The summed E-state index contributed by atoms with van der Waals surface area (Å²) in [5.41, 5.74) is 4.57. The molecule has 2 atom stereocenters. The second kappa shape index (κ2) is 5.57. The third kappa shape index (κ3) is 2.60. The highest BCUT2D eigenvalue weighted by atomic mass is 35.5. The summed E-state index contributed by atoms with van der Waals surface area (Å²) < 4.78 is 13.4. The van der Waals surface area contributed by atoms with Gasteiger partial charge in [0.2, 0.25) is 0 Å². The predicted octanol–water partition coefficient (Wildman–Crippen LogP) is 5.22. The summed E-state index contributed by atoms with van der Waals surface area (Å²) in [5, 5.41) is -0.0392. The van der Waals surface area contributed by atoms with Crippen molar-refractivity contribution in [3.05, 3.63) is 70.5 Å². The standard InChI is InChI=1S/C18H18ClF/c1-12-10-15(8-9-17(12)20)18(19)16-7-6-13-4-2-3-5-14(13)11-16/h2-5,8-10,16,18H,6-7,11H2,1H3. The second-order valence-electron chi connectivity index (χ2n) is 5.68. The lowest BCUT2D eigenvalue weighted by atomic mass is 9.80. The number of hydrogen-bond acceptors (Lipinski definition) is 0. The maximum absolute atomic E-state index is 13.4. The van der Waals surface area contributed by atoms with Crippen LogP contribution >= 0.6 is 11.6 Å². The van der Waals surface area contributed by atoms with Gasteiger partial charge in [-0.3, -0.25) is 0 Å². The van der Waals surface area contributed by atoms with Gasteiger partial charge in [-0.1, -0.05) is 36.4 Å². The molecule has 0 spiro atoms. The summed E-state index contributed by atoms with van der Waals surface area (Å²) in [4.78, 5) is 0. The zero-order valence-corrected chi connectivity index (χ0v) is 12.3. The number of rotatable bonds is 2. The number of alkyl halides is 1. The van der Waals surface area contributed by atoms with Crippen LogP contribution in [0.5, 0.6) is 0 Å². The molecule has 0 amide bonds. The van der Waals surface area contributed by atoms with Crippen molar-refractivity contribution in [1.29, 1.82) is 0 Å². The van der Waals surface area contributed by atoms with Gasteiger partial charge in [0.1, 0.15) is 5.82 Å². The van der Waals surface area contributed by atoms with Crippen LogP contribution in [0.3, 0.4) is 0 Å². The molecule has 2 aromatic carbocycles. The van der Waals surface area contributed by atoms with Gasteiger partial charge in [-0.2, -0.15) is 0 Å². The number of hydrogen-bond donors (Lipinski definition) is 0. The highest BCUT2D eigenvalue weighted by Gasteiger charge is 2.26. The smallest absolute Gasteiger partial charge is 0.126 e. The van der Waals surface area contributed by atoms with E-state index >= 15 is 0 Å². The third-order valence-electron chi connectivity index (χ3n) is 4.30. The van der Waals surface area contributed by atoms with Gasteiger partial charge in [-0.15, -0.1) is 11.6 Å². The van der Waals surface area contributed by atoms with Crippen LogP contribution in [0.2, 0.25) is 0 Å². The quantitative estimate of drug-likeness (QED) is 0.665. The first-order valence-electron chi connectivity index (χ1n) is 7.12. The van der Waals surface area contributed by atoms with Gasteiger partial charge < -0.3 is 0 Å². The van der Waals surface area contributed by atoms with Gasteiger partial charge in [-0.25, -0.2) is 4.39 Å². The van der Waals surface area contributed by atoms with Gasteiger partial charge in [0, 0.05) is 0 Å². The van der Waals surface area contributed by atoms with E-state index in [1.807, 2.05) is 12.1 Å². The van der Waals surface area contributed by atoms with Crippen LogP contribution in [0, 0.1) is 18.7 Å². The fraction of sp³-hybridized carbons (Fsp3) is 0.333. The zero-order chi connectivity index (χ0) is 14.1. The molecule has 0 saturated heterocycles. The Labute approximate surface area is 124 Å². The van der Waals surface area contributed by atoms with Crippen LogP contribution in [-0.2, 0) is 12.8 Å². The molecule has 104 valence electrons. The number of benzene rings is 2. The highest BCUT2D eigenvalue weighted by Crippen LogP contribution is 2.38. The fourth-order valence-electron chi connectivity index (χ4n) is 3.09. The average Bonchev–Trinajstić information content (AvgIpc) is 2.49. The Morgan fingerprint density at radius 3 is 2.65 bits per heavy atom. The molecule has 0 aromatic heterocycles. The lowest BCUT2D eigenvalue weighted by molar-refractivity contribution is 0.443. The average molecular weight is 289 g/mol. The van der Waals surface area contributed by atoms with E-state index < -0.39 is 0 Å². The van der Waals surface area contributed by atoms with E-state index in [1.165, 1.54) is 17.2 Å². The molecule has 2 unspecified atom stereocenters. The molecule has 0 saturated carbocycles. The number of aryl methyl sites for hydroxylation is 2. The van der Waals surface area contributed by atoms with Gasteiger partial charge >= 0.3 is 0 Å². The van der Waals surface area contributed by atoms with Crippen molar-refractivity contribution in [3.63, 3.8) is 0 Å². The van der Waals surface area contributed by atoms with Crippen LogP contribution < -0.4 is 0 Å². The van der Waals surface area contributed by atoms with Crippen molar-refractivity contribution >= 4 is 11.6 Å². The largest absolute Gasteiger partial charge is 0.207 e. The lowest BCUT2D eigenvalue weighted by Gasteiger charge is -2.28. The third-order valence-corrected chi connectivity index (χ3v) is 4.91. The minimum Gasteiger partial charge on any atom is -0.207 e.